The first kappa shape index (κ1) is 15.5. The van der Waals surface area contributed by atoms with E-state index in [0.29, 0.717) is 5.89 Å². The van der Waals surface area contributed by atoms with Crippen molar-refractivity contribution >= 4 is 30.5 Å². The first-order valence-electron chi connectivity index (χ1n) is 8.20. The fraction of sp³-hybridized carbons (Fsp3) is 0.333. The Labute approximate surface area is 143 Å². The van der Waals surface area contributed by atoms with Crippen molar-refractivity contribution in [2.24, 2.45) is 0 Å². The highest BCUT2D eigenvalue weighted by Crippen LogP contribution is 2.45. The molecule has 1 aliphatic rings. The van der Waals surface area contributed by atoms with Crippen molar-refractivity contribution in [3.8, 4) is 11.5 Å². The van der Waals surface area contributed by atoms with Gasteiger partial charge in [-0.05, 0) is 43.4 Å². The molecule has 0 unspecified atom stereocenters. The Kier molecular flexibility index (Phi) is 3.36. The van der Waals surface area contributed by atoms with Gasteiger partial charge in [-0.2, -0.15) is 0 Å². The van der Waals surface area contributed by atoms with Gasteiger partial charge in [-0.3, -0.25) is 4.98 Å². The minimum absolute atomic E-state index is 0.0112. The summed E-state index contributed by atoms with van der Waals surface area (Å²) in [5, 5.41) is 0.0112. The Morgan fingerprint density at radius 2 is 1.96 bits per heavy atom. The molecule has 1 aromatic carbocycles. The van der Waals surface area contributed by atoms with Crippen molar-refractivity contribution in [2.45, 2.75) is 38.6 Å². The molecule has 0 bridgehead atoms. The number of pyridine rings is 1. The number of fused-ring (bicyclic) bond motifs is 1. The quantitative estimate of drug-likeness (QED) is 0.681. The van der Waals surface area contributed by atoms with Gasteiger partial charge in [0, 0.05) is 18.0 Å². The van der Waals surface area contributed by atoms with Gasteiger partial charge in [0.15, 0.2) is 5.58 Å². The first-order valence-corrected chi connectivity index (χ1v) is 8.20. The summed E-state index contributed by atoms with van der Waals surface area (Å²) in [6.45, 7) is 8.67. The van der Waals surface area contributed by atoms with Crippen LogP contribution >= 0.6 is 0 Å². The van der Waals surface area contributed by atoms with Gasteiger partial charge in [0.2, 0.25) is 5.89 Å². The Morgan fingerprint density at radius 1 is 1.12 bits per heavy atom. The Hall–Kier alpha value is -2.07. The largest absolute Gasteiger partial charge is 0.436 e. The minimum atomic E-state index is -0.197. The maximum atomic E-state index is 6.27. The van der Waals surface area contributed by atoms with Crippen LogP contribution in [-0.4, -0.2) is 29.5 Å². The summed E-state index contributed by atoms with van der Waals surface area (Å²) in [6.07, 6.45) is 3.49. The molecule has 1 radical (unpaired) electrons. The van der Waals surface area contributed by atoms with Crippen LogP contribution in [0.2, 0.25) is 5.31 Å². The summed E-state index contributed by atoms with van der Waals surface area (Å²) < 4.78 is 12.1. The second-order valence-corrected chi connectivity index (χ2v) is 7.42. The van der Waals surface area contributed by atoms with Crippen molar-refractivity contribution in [3.63, 3.8) is 0 Å². The standard InChI is InChI=1S/C18H19B2N2O2/c1-17(2)18(3,4)24-20(19-17)13-7-8-15-14(10-13)22-16(23-15)12-6-5-9-21-11-12/h5-11H,1-4H3. The molecule has 0 amide bonds. The lowest BCUT2D eigenvalue weighted by molar-refractivity contribution is 0.0881. The lowest BCUT2D eigenvalue weighted by atomic mass is 9.23. The summed E-state index contributed by atoms with van der Waals surface area (Å²) >= 11 is 0. The molecule has 1 fully saturated rings. The summed E-state index contributed by atoms with van der Waals surface area (Å²) in [5.41, 5.74) is 3.39. The van der Waals surface area contributed by atoms with Crippen LogP contribution in [0, 0.1) is 0 Å². The molecular formula is C18H19B2N2O2. The van der Waals surface area contributed by atoms with E-state index in [1.807, 2.05) is 18.2 Å². The normalized spacial score (nSPS) is 18.8. The Balaban J connectivity index is 1.70. The van der Waals surface area contributed by atoms with Gasteiger partial charge in [-0.25, -0.2) is 4.98 Å². The molecule has 1 saturated heterocycles. The molecule has 4 nitrogen and oxygen atoms in total. The maximum absolute atomic E-state index is 6.27. The smallest absolute Gasteiger partial charge is 0.280 e. The highest BCUT2D eigenvalue weighted by Gasteiger charge is 2.50. The number of hydrogen-bond donors (Lipinski definition) is 0. The van der Waals surface area contributed by atoms with Gasteiger partial charge in [0.25, 0.3) is 6.81 Å². The van der Waals surface area contributed by atoms with E-state index in [4.69, 9.17) is 9.07 Å². The number of aromatic nitrogens is 2. The molecule has 4 rings (SSSR count). The lowest BCUT2D eigenvalue weighted by Gasteiger charge is -2.34. The zero-order valence-electron chi connectivity index (χ0n) is 14.4. The fourth-order valence-corrected chi connectivity index (χ4v) is 2.98. The van der Waals surface area contributed by atoms with Crippen LogP contribution in [0.25, 0.3) is 22.6 Å². The van der Waals surface area contributed by atoms with Crippen molar-refractivity contribution in [1.82, 2.24) is 9.97 Å². The number of benzene rings is 1. The number of nitrogens with zero attached hydrogens (tertiary/aromatic N) is 2. The molecule has 1 aliphatic heterocycles. The third-order valence-electron chi connectivity index (χ3n) is 5.19. The molecule has 0 atom stereocenters. The van der Waals surface area contributed by atoms with Crippen LogP contribution in [0.5, 0.6) is 0 Å². The van der Waals surface area contributed by atoms with Crippen LogP contribution < -0.4 is 5.46 Å². The zero-order valence-corrected chi connectivity index (χ0v) is 14.4. The molecule has 6 heteroatoms. The van der Waals surface area contributed by atoms with Gasteiger partial charge in [0.05, 0.1) is 5.56 Å². The van der Waals surface area contributed by atoms with E-state index in [1.165, 1.54) is 0 Å². The van der Waals surface area contributed by atoms with Crippen molar-refractivity contribution in [2.75, 3.05) is 0 Å². The van der Waals surface area contributed by atoms with Crippen molar-refractivity contribution in [1.29, 1.82) is 0 Å². The van der Waals surface area contributed by atoms with E-state index in [9.17, 15) is 0 Å². The molecule has 0 N–H and O–H groups in total. The highest BCUT2D eigenvalue weighted by atomic mass is 16.5. The lowest BCUT2D eigenvalue weighted by Crippen LogP contribution is -2.36. The van der Waals surface area contributed by atoms with Crippen LogP contribution in [0.4, 0.5) is 0 Å². The minimum Gasteiger partial charge on any atom is -0.436 e. The van der Waals surface area contributed by atoms with E-state index in [1.54, 1.807) is 12.4 Å². The molecule has 0 saturated carbocycles. The molecule has 3 heterocycles. The zero-order chi connectivity index (χ0) is 16.9. The third kappa shape index (κ3) is 2.46. The molecule has 24 heavy (non-hydrogen) atoms. The Morgan fingerprint density at radius 3 is 2.62 bits per heavy atom. The van der Waals surface area contributed by atoms with Gasteiger partial charge >= 0.3 is 0 Å². The maximum Gasteiger partial charge on any atom is 0.280 e. The molecule has 119 valence electrons. The molecule has 0 aliphatic carbocycles. The van der Waals surface area contributed by atoms with Gasteiger partial charge in [0.1, 0.15) is 12.7 Å². The fourth-order valence-electron chi connectivity index (χ4n) is 2.98. The van der Waals surface area contributed by atoms with Crippen LogP contribution in [-0.2, 0) is 4.65 Å². The second-order valence-electron chi connectivity index (χ2n) is 7.42. The number of rotatable bonds is 2. The summed E-state index contributed by atoms with van der Waals surface area (Å²) in [5.74, 6) is 0.590. The Bertz CT molecular complexity index is 874. The molecule has 2 aromatic heterocycles. The van der Waals surface area contributed by atoms with Gasteiger partial charge < -0.3 is 9.07 Å². The summed E-state index contributed by atoms with van der Waals surface area (Å²) in [7, 11) is 2.27. The van der Waals surface area contributed by atoms with Crippen LogP contribution in [0.15, 0.2) is 47.1 Å². The van der Waals surface area contributed by atoms with Crippen molar-refractivity contribution < 1.29 is 9.07 Å². The van der Waals surface area contributed by atoms with Crippen molar-refractivity contribution in [3.05, 3.63) is 42.7 Å². The third-order valence-corrected chi connectivity index (χ3v) is 5.19. The SMILES string of the molecule is CC1(C)[B]B(c2ccc3oc(-c4cccnc4)nc3c2)OC1(C)C. The first-order chi connectivity index (χ1) is 11.4. The molecular weight excluding hydrogens is 298 g/mol. The predicted molar refractivity (Wildman–Crippen MR) is 97.6 cm³/mol. The van der Waals surface area contributed by atoms with Crippen LogP contribution in [0.1, 0.15) is 27.7 Å². The average molecular weight is 317 g/mol. The summed E-state index contributed by atoms with van der Waals surface area (Å²) in [6, 6.07) is 9.89. The highest BCUT2D eigenvalue weighted by molar-refractivity contribution is 7.18. The predicted octanol–water partition coefficient (Wildman–Crippen LogP) is 3.30. The average Bonchev–Trinajstić information content (AvgIpc) is 3.06. The van der Waals surface area contributed by atoms with Gasteiger partial charge in [-0.15, -0.1) is 0 Å². The van der Waals surface area contributed by atoms with E-state index in [-0.39, 0.29) is 17.7 Å². The number of hydrogen-bond acceptors (Lipinski definition) is 4. The van der Waals surface area contributed by atoms with E-state index in [0.717, 1.165) is 22.1 Å². The number of oxazole rings is 1. The monoisotopic (exact) mass is 317 g/mol. The topological polar surface area (TPSA) is 48.2 Å². The van der Waals surface area contributed by atoms with E-state index >= 15 is 0 Å². The van der Waals surface area contributed by atoms with E-state index < -0.39 is 0 Å². The molecule has 3 aromatic rings. The summed E-state index contributed by atoms with van der Waals surface area (Å²) in [4.78, 5) is 8.73. The second kappa shape index (κ2) is 5.21. The van der Waals surface area contributed by atoms with Gasteiger partial charge in [-0.1, -0.05) is 25.4 Å². The van der Waals surface area contributed by atoms with E-state index in [2.05, 4.69) is 57.0 Å². The molecule has 0 spiro atoms. The van der Waals surface area contributed by atoms with Crippen LogP contribution in [0.3, 0.4) is 0 Å².